The van der Waals surface area contributed by atoms with E-state index in [4.69, 9.17) is 0 Å². The third-order valence-electron chi connectivity index (χ3n) is 2.95. The molecule has 1 atom stereocenters. The minimum Gasteiger partial charge on any atom is -0.357 e. The van der Waals surface area contributed by atoms with Gasteiger partial charge in [-0.3, -0.25) is 0 Å². The largest absolute Gasteiger partial charge is 0.357 e. The second-order valence-electron chi connectivity index (χ2n) is 4.28. The van der Waals surface area contributed by atoms with E-state index in [1.54, 1.807) is 0 Å². The molecule has 0 aromatic heterocycles. The number of hydrogen-bond donors (Lipinski definition) is 1. The van der Waals surface area contributed by atoms with Crippen molar-refractivity contribution in [3.05, 3.63) is 58.7 Å². The van der Waals surface area contributed by atoms with Gasteiger partial charge in [0, 0.05) is 12.1 Å². The fraction of sp³-hybridized carbons (Fsp3) is 0.143. The van der Waals surface area contributed by atoms with Gasteiger partial charge in [0.1, 0.15) is 0 Å². The maximum atomic E-state index is 12.4. The molecule has 1 radical (unpaired) electrons. The molecular weight excluding hydrogens is 492 g/mol. The predicted molar refractivity (Wildman–Crippen MR) is 71.0 cm³/mol. The zero-order valence-electron chi connectivity index (χ0n) is 9.82. The summed E-state index contributed by atoms with van der Waals surface area (Å²) in [5, 5.41) is 3.39. The van der Waals surface area contributed by atoms with Crippen molar-refractivity contribution in [3.8, 4) is 0 Å². The van der Waals surface area contributed by atoms with Gasteiger partial charge in [-0.1, -0.05) is 29.9 Å². The van der Waals surface area contributed by atoms with E-state index in [2.05, 4.69) is 18.3 Å². The van der Waals surface area contributed by atoms with Crippen LogP contribution in [-0.2, 0) is 10.8 Å². The summed E-state index contributed by atoms with van der Waals surface area (Å²) < 4.78 is 12.4. The average Bonchev–Trinajstić information content (AvgIpc) is 2.51. The van der Waals surface area contributed by atoms with Crippen molar-refractivity contribution in [2.24, 2.45) is 0 Å². The molecule has 1 heterocycles. The number of rotatable bonds is 0. The zero-order valence-corrected chi connectivity index (χ0v) is 12.8. The summed E-state index contributed by atoms with van der Waals surface area (Å²) in [5.41, 5.74) is 3.30. The molecule has 0 amide bonds. The molecule has 0 fully saturated rings. The van der Waals surface area contributed by atoms with Gasteiger partial charge >= 0.3 is 0 Å². The average molecular weight is 505 g/mol. The van der Waals surface area contributed by atoms with Crippen molar-refractivity contribution in [1.29, 1.82) is 0 Å². The molecule has 3 rings (SSSR count). The molecule has 1 unspecified atom stereocenters. The van der Waals surface area contributed by atoms with Crippen molar-refractivity contribution in [2.75, 3.05) is 5.32 Å². The number of allylic oxidation sites excluding steroid dienone is 4. The molecule has 0 saturated heterocycles. The van der Waals surface area contributed by atoms with E-state index in [9.17, 15) is 4.21 Å². The van der Waals surface area contributed by atoms with Gasteiger partial charge in [-0.2, -0.15) is 0 Å². The maximum Gasteiger partial charge on any atom is 0.0888 e. The van der Waals surface area contributed by atoms with E-state index < -0.39 is 10.8 Å². The van der Waals surface area contributed by atoms with Crippen LogP contribution in [0.25, 0.3) is 0 Å². The van der Waals surface area contributed by atoms with E-state index in [0.717, 1.165) is 27.6 Å². The Labute approximate surface area is 103 Å². The summed E-state index contributed by atoms with van der Waals surface area (Å²) in [4.78, 5) is 1.77. The van der Waals surface area contributed by atoms with Crippen LogP contribution in [0.4, 0.5) is 5.69 Å². The SMILES string of the molecule is CC1=CC=CC2=C(C1)Nc1ccccc1S2=O.[Lr]. The van der Waals surface area contributed by atoms with Gasteiger partial charge in [0.15, 0.2) is 0 Å². The van der Waals surface area contributed by atoms with Crippen LogP contribution in [0.1, 0.15) is 13.3 Å². The number of hydrogen-bond acceptors (Lipinski definition) is 2. The van der Waals surface area contributed by atoms with Crippen LogP contribution < -0.4 is 5.32 Å². The van der Waals surface area contributed by atoms with Crippen molar-refractivity contribution in [1.82, 2.24) is 0 Å². The van der Waals surface area contributed by atoms with Gasteiger partial charge in [-0.05, 0) is 25.1 Å². The maximum absolute atomic E-state index is 12.4. The number of anilines is 1. The van der Waals surface area contributed by atoms with Crippen LogP contribution in [-0.4, -0.2) is 4.21 Å². The van der Waals surface area contributed by atoms with E-state index in [1.165, 1.54) is 5.57 Å². The summed E-state index contributed by atoms with van der Waals surface area (Å²) in [5.74, 6) is 0. The Morgan fingerprint density at radius 1 is 1.28 bits per heavy atom. The minimum absolute atomic E-state index is 0. The summed E-state index contributed by atoms with van der Waals surface area (Å²) in [6.45, 7) is 2.09. The first-order valence-electron chi connectivity index (χ1n) is 5.60. The molecule has 0 spiro atoms. The summed E-state index contributed by atoms with van der Waals surface area (Å²) in [6.07, 6.45) is 6.83. The number of para-hydroxylation sites is 1. The number of nitrogens with one attached hydrogen (secondary N) is 1. The molecule has 101 valence electrons. The van der Waals surface area contributed by atoms with E-state index >= 15 is 0 Å². The second kappa shape index (κ2) is 4.34. The Kier molecular flexibility index (Phi) is 2.86. The first kappa shape index (κ1) is 11.9. The van der Waals surface area contributed by atoms with Crippen molar-refractivity contribution in [2.45, 2.75) is 18.2 Å². The van der Waals surface area contributed by atoms with Crippen molar-refractivity contribution in [3.63, 3.8) is 0 Å². The molecule has 18 heavy (non-hydrogen) atoms. The number of benzene rings is 1. The first-order valence-corrected chi connectivity index (χ1v) is 6.75. The molecule has 0 bridgehead atoms. The molecule has 0 saturated carbocycles. The Balaban J connectivity index is 0.00000120. The third-order valence-corrected chi connectivity index (χ3v) is 4.49. The van der Waals surface area contributed by atoms with E-state index in [1.807, 2.05) is 36.4 Å². The second-order valence-corrected chi connectivity index (χ2v) is 5.70. The van der Waals surface area contributed by atoms with Gasteiger partial charge in [-0.15, -0.1) is 0 Å². The molecule has 1 aliphatic carbocycles. The molecule has 1 aromatic rings. The van der Waals surface area contributed by atoms with Crippen molar-refractivity contribution < 1.29 is 4.21 Å². The topological polar surface area (TPSA) is 29.1 Å². The van der Waals surface area contributed by atoms with Crippen LogP contribution in [0.5, 0.6) is 0 Å². The minimum atomic E-state index is -1.06. The number of fused-ring (bicyclic) bond motifs is 1. The summed E-state index contributed by atoms with van der Waals surface area (Å²) in [6, 6.07) is 7.78. The third kappa shape index (κ3) is 1.74. The Morgan fingerprint density at radius 2 is 2.06 bits per heavy atom. The standard InChI is InChI=1S/C14H13NOS.Lr/c1-10-5-4-8-14-12(9-10)15-11-6-2-3-7-13(11)17(14)16;/h2-8,15H,9H2,1H3;. The fourth-order valence-electron chi connectivity index (χ4n) is 2.12. The van der Waals surface area contributed by atoms with Crippen LogP contribution in [0.3, 0.4) is 0 Å². The van der Waals surface area contributed by atoms with E-state index in [0.29, 0.717) is 0 Å². The molecule has 1 aromatic carbocycles. The van der Waals surface area contributed by atoms with Crippen LogP contribution in [0.2, 0.25) is 0 Å². The Morgan fingerprint density at radius 3 is 2.89 bits per heavy atom. The monoisotopic (exact) mass is 505 g/mol. The van der Waals surface area contributed by atoms with Gasteiger partial charge in [0.2, 0.25) is 0 Å². The van der Waals surface area contributed by atoms with Gasteiger partial charge in [0.05, 0.1) is 26.3 Å². The quantitative estimate of drug-likeness (QED) is 0.587. The Hall–Kier alpha value is -2.61. The van der Waals surface area contributed by atoms with Crippen LogP contribution in [0.15, 0.2) is 63.6 Å². The Bertz CT molecular complexity index is 602. The van der Waals surface area contributed by atoms with Gasteiger partial charge in [-0.25, -0.2) is 4.21 Å². The molecule has 4 heteroatoms. The van der Waals surface area contributed by atoms with Gasteiger partial charge in [0.25, 0.3) is 0 Å². The first-order chi connectivity index (χ1) is 8.25. The predicted octanol–water partition coefficient (Wildman–Crippen LogP) is 3.34. The van der Waals surface area contributed by atoms with E-state index in [-0.39, 0.29) is 0 Å². The smallest absolute Gasteiger partial charge is 0.0888 e. The van der Waals surface area contributed by atoms with Gasteiger partial charge < -0.3 is 5.32 Å². The van der Waals surface area contributed by atoms with Crippen molar-refractivity contribution >= 4 is 16.5 Å². The summed E-state index contributed by atoms with van der Waals surface area (Å²) in [7, 11) is -1.06. The molecule has 1 N–H and O–H groups in total. The molecule has 2 nitrogen and oxygen atoms in total. The van der Waals surface area contributed by atoms with Crippen LogP contribution in [0, 0.1) is 0 Å². The fourth-order valence-corrected chi connectivity index (χ4v) is 3.42. The molecule has 1 aliphatic heterocycles. The molecule has 2 aliphatic rings. The summed E-state index contributed by atoms with van der Waals surface area (Å²) >= 11 is 0. The zero-order chi connectivity index (χ0) is 11.8. The van der Waals surface area contributed by atoms with Crippen LogP contribution >= 0.6 is 0 Å². The molecular formula is C14H13LrNOS. The normalized spacial score (nSPS) is 20.9.